The molecule has 2 N–H and O–H groups in total. The van der Waals surface area contributed by atoms with Gasteiger partial charge in [-0.3, -0.25) is 4.79 Å². The summed E-state index contributed by atoms with van der Waals surface area (Å²) < 4.78 is 29.8. The van der Waals surface area contributed by atoms with Crippen molar-refractivity contribution >= 4 is 39.3 Å². The van der Waals surface area contributed by atoms with Crippen LogP contribution < -0.4 is 9.80 Å². The minimum atomic E-state index is -0.524. The van der Waals surface area contributed by atoms with Crippen molar-refractivity contribution in [1.82, 2.24) is 35.3 Å². The number of pyridine rings is 2. The highest BCUT2D eigenvalue weighted by Gasteiger charge is 2.28. The van der Waals surface area contributed by atoms with E-state index < -0.39 is 11.6 Å². The minimum Gasteiger partial charge on any atom is -0.507 e. The highest BCUT2D eigenvalue weighted by molar-refractivity contribution is 6.02. The number of carbonyl (C=O) groups is 1. The lowest BCUT2D eigenvalue weighted by molar-refractivity contribution is -0.126. The first-order valence-electron chi connectivity index (χ1n) is 24.7. The molecule has 6 heterocycles. The fourth-order valence-electron chi connectivity index (χ4n) is 10.0. The van der Waals surface area contributed by atoms with Crippen LogP contribution >= 0.6 is 0 Å². The van der Waals surface area contributed by atoms with Gasteiger partial charge in [-0.15, -0.1) is 20.4 Å². The summed E-state index contributed by atoms with van der Waals surface area (Å²) in [6, 6.07) is 28.6. The molecule has 2 saturated heterocycles. The van der Waals surface area contributed by atoms with Crippen molar-refractivity contribution in [3.8, 4) is 56.3 Å². The number of carbonyl (C=O) groups excluding carboxylic acids is 1. The van der Waals surface area contributed by atoms with E-state index in [1.165, 1.54) is 54.5 Å². The number of rotatable bonds is 9. The van der Waals surface area contributed by atoms with E-state index in [-0.39, 0.29) is 41.9 Å². The highest BCUT2D eigenvalue weighted by atomic mass is 19.1. The van der Waals surface area contributed by atoms with Gasteiger partial charge in [0.2, 0.25) is 5.91 Å². The standard InChI is InChI=1S/C30H30FN5O2.C28H29FN4O.CH4/c1-5-26(38)35-13-15-36(16-14-35)30-29-23(28(33-34-30)21-10-7-6-9-20(21)18(2)3)17-22(19(4)32-29)27-24(31)11-8-12-25(27)37;1-17(2)19-10-5-6-11-20(19)26-22-16-21(25-23(29)12-9-13-24(25)34)18(3)30-27(22)28(32-31-26)33-14-7-4-8-15-33;/h5-12,17-18,37H,1,13-16H2,2-4H3;5-6,9-13,16-17,34H,4,7-8,14-15H2,1-3H3;1H4. The van der Waals surface area contributed by atoms with E-state index >= 15 is 0 Å². The zero-order valence-corrected chi connectivity index (χ0v) is 41.6. The van der Waals surface area contributed by atoms with Crippen LogP contribution in [0.2, 0.25) is 0 Å². The molecule has 10 rings (SSSR count). The first-order valence-corrected chi connectivity index (χ1v) is 24.7. The number of piperidine rings is 1. The lowest BCUT2D eigenvalue weighted by Gasteiger charge is -2.35. The monoisotopic (exact) mass is 984 g/mol. The van der Waals surface area contributed by atoms with Crippen LogP contribution in [-0.2, 0) is 4.79 Å². The molecule has 2 aliphatic rings. The largest absolute Gasteiger partial charge is 0.507 e. The molecule has 1 amide bonds. The van der Waals surface area contributed by atoms with E-state index in [1.807, 2.05) is 49.4 Å². The Bertz CT molecular complexity index is 3310. The maximum absolute atomic E-state index is 14.9. The van der Waals surface area contributed by atoms with Gasteiger partial charge in [-0.25, -0.2) is 18.7 Å². The van der Waals surface area contributed by atoms with Crippen molar-refractivity contribution in [2.75, 3.05) is 49.1 Å². The van der Waals surface area contributed by atoms with Gasteiger partial charge in [0.05, 0.1) is 11.1 Å². The third-order valence-electron chi connectivity index (χ3n) is 13.8. The molecule has 14 heteroatoms. The first-order chi connectivity index (χ1) is 34.7. The lowest BCUT2D eigenvalue weighted by atomic mass is 9.92. The molecule has 4 aromatic carbocycles. The van der Waals surface area contributed by atoms with E-state index in [1.54, 1.807) is 11.8 Å². The van der Waals surface area contributed by atoms with E-state index in [0.717, 1.165) is 70.4 Å². The average Bonchev–Trinajstić information content (AvgIpc) is 3.38. The summed E-state index contributed by atoms with van der Waals surface area (Å²) in [5.41, 5.74) is 9.53. The Labute approximate surface area is 426 Å². The van der Waals surface area contributed by atoms with Crippen LogP contribution in [0.15, 0.2) is 110 Å². The number of amides is 1. The van der Waals surface area contributed by atoms with Crippen molar-refractivity contribution in [2.24, 2.45) is 0 Å². The smallest absolute Gasteiger partial charge is 0.246 e. The molecule has 0 saturated carbocycles. The van der Waals surface area contributed by atoms with Gasteiger partial charge in [-0.1, -0.05) is 102 Å². The molecule has 0 radical (unpaired) electrons. The van der Waals surface area contributed by atoms with Gasteiger partial charge >= 0.3 is 0 Å². The van der Waals surface area contributed by atoms with E-state index in [2.05, 4.69) is 72.5 Å². The van der Waals surface area contributed by atoms with Crippen molar-refractivity contribution in [2.45, 2.75) is 80.1 Å². The molecule has 0 spiro atoms. The Kier molecular flexibility index (Phi) is 15.4. The number of benzene rings is 4. The molecule has 2 aliphatic heterocycles. The Morgan fingerprint density at radius 1 is 0.575 bits per heavy atom. The van der Waals surface area contributed by atoms with Gasteiger partial charge in [-0.05, 0) is 98.5 Å². The van der Waals surface area contributed by atoms with Gasteiger partial charge in [0.15, 0.2) is 11.6 Å². The number of aromatic nitrogens is 6. The number of hydrogen-bond donors (Lipinski definition) is 2. The van der Waals surface area contributed by atoms with Gasteiger partial charge in [0, 0.05) is 83.7 Å². The molecule has 12 nitrogen and oxygen atoms in total. The molecule has 4 aromatic heterocycles. The van der Waals surface area contributed by atoms with Crippen molar-refractivity contribution in [3.63, 3.8) is 0 Å². The number of halogens is 2. The van der Waals surface area contributed by atoms with Crippen LogP contribution in [0.1, 0.15) is 88.7 Å². The van der Waals surface area contributed by atoms with Crippen LogP contribution in [-0.4, -0.2) is 90.7 Å². The molecule has 0 aliphatic carbocycles. The van der Waals surface area contributed by atoms with Crippen molar-refractivity contribution < 1.29 is 23.8 Å². The zero-order valence-electron chi connectivity index (χ0n) is 41.6. The van der Waals surface area contributed by atoms with Crippen molar-refractivity contribution in [1.29, 1.82) is 0 Å². The number of piperazine rings is 1. The first kappa shape index (κ1) is 51.5. The number of anilines is 2. The quantitative estimate of drug-likeness (QED) is 0.133. The fraction of sp³-hybridized carbons (Fsp3) is 0.305. The maximum Gasteiger partial charge on any atom is 0.246 e. The molecule has 0 bridgehead atoms. The normalized spacial score (nSPS) is 13.8. The Balaban J connectivity index is 0.000000193. The van der Waals surface area contributed by atoms with Crippen LogP contribution in [0.25, 0.3) is 66.6 Å². The number of hydrogen-bond acceptors (Lipinski definition) is 11. The van der Waals surface area contributed by atoms with Gasteiger partial charge in [-0.2, -0.15) is 0 Å². The van der Waals surface area contributed by atoms with Crippen LogP contribution in [0.4, 0.5) is 20.4 Å². The number of phenols is 2. The van der Waals surface area contributed by atoms with Crippen LogP contribution in [0.3, 0.4) is 0 Å². The van der Waals surface area contributed by atoms with E-state index in [0.29, 0.717) is 71.6 Å². The molecular weight excluding hydrogens is 921 g/mol. The number of nitrogens with zero attached hydrogens (tertiary/aromatic N) is 9. The Hall–Kier alpha value is -7.87. The molecule has 0 atom stereocenters. The molecular formula is C59H63F2N9O3. The zero-order chi connectivity index (χ0) is 50.8. The molecule has 8 aromatic rings. The predicted molar refractivity (Wildman–Crippen MR) is 289 cm³/mol. The molecule has 2 fully saturated rings. The van der Waals surface area contributed by atoms with Gasteiger partial charge < -0.3 is 24.9 Å². The summed E-state index contributed by atoms with van der Waals surface area (Å²) in [5, 5.41) is 41.3. The Morgan fingerprint density at radius 3 is 1.41 bits per heavy atom. The summed E-state index contributed by atoms with van der Waals surface area (Å²) in [7, 11) is 0. The van der Waals surface area contributed by atoms with Gasteiger partial charge in [0.1, 0.15) is 45.6 Å². The molecule has 0 unspecified atom stereocenters. The summed E-state index contributed by atoms with van der Waals surface area (Å²) in [5.74, 6) is 0.571. The fourth-order valence-corrected chi connectivity index (χ4v) is 10.0. The summed E-state index contributed by atoms with van der Waals surface area (Å²) in [6.45, 7) is 19.8. The lowest BCUT2D eigenvalue weighted by Crippen LogP contribution is -2.48. The summed E-state index contributed by atoms with van der Waals surface area (Å²) in [4.78, 5) is 28.0. The number of phenolic OH excluding ortho intramolecular Hbond substituents is 2. The minimum absolute atomic E-state index is 0. The number of fused-ring (bicyclic) bond motifs is 2. The second-order valence-corrected chi connectivity index (χ2v) is 19.1. The second-order valence-electron chi connectivity index (χ2n) is 19.1. The predicted octanol–water partition coefficient (Wildman–Crippen LogP) is 12.7. The third-order valence-corrected chi connectivity index (χ3v) is 13.8. The van der Waals surface area contributed by atoms with Crippen LogP contribution in [0, 0.1) is 25.5 Å². The maximum atomic E-state index is 14.9. The number of aryl methyl sites for hydroxylation is 2. The molecule has 73 heavy (non-hydrogen) atoms. The van der Waals surface area contributed by atoms with E-state index in [9.17, 15) is 23.8 Å². The SMILES string of the molecule is C.C=CC(=O)N1CCN(c2nnc(-c3ccccc3C(C)C)c3cc(-c4c(O)cccc4F)c(C)nc23)CC1.Cc1nc2c(N3CCCCC3)nnc(-c3ccccc3C(C)C)c2cc1-c1c(O)cccc1F. The number of aromatic hydroxyl groups is 2. The topological polar surface area (TPSA) is 145 Å². The van der Waals surface area contributed by atoms with E-state index in [4.69, 9.17) is 20.2 Å². The summed E-state index contributed by atoms with van der Waals surface area (Å²) in [6.07, 6.45) is 4.77. The van der Waals surface area contributed by atoms with Crippen LogP contribution in [0.5, 0.6) is 11.5 Å². The Morgan fingerprint density at radius 2 is 1.00 bits per heavy atom. The van der Waals surface area contributed by atoms with Crippen molar-refractivity contribution in [3.05, 3.63) is 144 Å². The third kappa shape index (κ3) is 10.2. The molecule has 376 valence electrons. The average molecular weight is 984 g/mol. The van der Waals surface area contributed by atoms with Gasteiger partial charge in [0.25, 0.3) is 0 Å². The second kappa shape index (κ2) is 21.9. The summed E-state index contributed by atoms with van der Waals surface area (Å²) >= 11 is 0. The highest BCUT2D eigenvalue weighted by Crippen LogP contribution is 2.42.